The van der Waals surface area contributed by atoms with Gasteiger partial charge in [0.15, 0.2) is 0 Å². The van der Waals surface area contributed by atoms with Gasteiger partial charge in [0.25, 0.3) is 0 Å². The highest BCUT2D eigenvalue weighted by Gasteiger charge is 2.17. The van der Waals surface area contributed by atoms with E-state index >= 15 is 0 Å². The maximum Gasteiger partial charge on any atom is 0.0698 e. The summed E-state index contributed by atoms with van der Waals surface area (Å²) in [5, 5.41) is 11.3. The summed E-state index contributed by atoms with van der Waals surface area (Å²) >= 11 is 1.78. The van der Waals surface area contributed by atoms with E-state index < -0.39 is 0 Å². The van der Waals surface area contributed by atoms with Gasteiger partial charge in [-0.25, -0.2) is 0 Å². The maximum atomic E-state index is 8.81. The Labute approximate surface area is 162 Å². The first-order valence-corrected chi connectivity index (χ1v) is 9.78. The molecule has 1 aromatic heterocycles. The molecule has 0 aliphatic rings. The molecule has 128 valence electrons. The third-order valence-electron chi connectivity index (χ3n) is 4.94. The molecular formula is C25H17NS. The van der Waals surface area contributed by atoms with Gasteiger partial charge in [-0.2, -0.15) is 0 Å². The molecule has 0 unspecified atom stereocenters. The number of fused-ring (bicyclic) bond motifs is 3. The lowest BCUT2D eigenvalue weighted by Gasteiger charge is -2.10. The summed E-state index contributed by atoms with van der Waals surface area (Å²) in [5.74, 6) is 0. The highest BCUT2D eigenvalue weighted by Crippen LogP contribution is 2.42. The van der Waals surface area contributed by atoms with E-state index in [0.29, 0.717) is 5.71 Å². The Bertz CT molecular complexity index is 1270. The van der Waals surface area contributed by atoms with Gasteiger partial charge in [0.05, 0.1) is 5.71 Å². The Morgan fingerprint density at radius 1 is 0.667 bits per heavy atom. The molecule has 0 radical (unpaired) electrons. The summed E-state index contributed by atoms with van der Waals surface area (Å²) in [6.07, 6.45) is 0. The summed E-state index contributed by atoms with van der Waals surface area (Å²) in [6.45, 7) is 0. The number of nitrogens with one attached hydrogen (secondary N) is 1. The normalized spacial score (nSPS) is 11.1. The molecule has 1 N–H and O–H groups in total. The Morgan fingerprint density at radius 2 is 1.33 bits per heavy atom. The highest BCUT2D eigenvalue weighted by atomic mass is 32.1. The number of hydrogen-bond donors (Lipinski definition) is 1. The molecule has 0 spiro atoms. The molecule has 0 bridgehead atoms. The van der Waals surface area contributed by atoms with Crippen LogP contribution in [0.15, 0.2) is 97.1 Å². The fraction of sp³-hybridized carbons (Fsp3) is 0. The summed E-state index contributed by atoms with van der Waals surface area (Å²) < 4.78 is 2.45. The van der Waals surface area contributed by atoms with Crippen molar-refractivity contribution in [3.05, 3.63) is 108 Å². The summed E-state index contributed by atoms with van der Waals surface area (Å²) in [6, 6.07) is 33.3. The zero-order chi connectivity index (χ0) is 18.2. The van der Waals surface area contributed by atoms with Gasteiger partial charge in [-0.1, -0.05) is 91.0 Å². The van der Waals surface area contributed by atoms with E-state index in [0.717, 1.165) is 11.1 Å². The van der Waals surface area contributed by atoms with Crippen molar-refractivity contribution in [2.75, 3.05) is 0 Å². The lowest BCUT2D eigenvalue weighted by Crippen LogP contribution is -2.01. The highest BCUT2D eigenvalue weighted by molar-refractivity contribution is 7.26. The Balaban J connectivity index is 1.84. The first kappa shape index (κ1) is 16.0. The first-order valence-electron chi connectivity index (χ1n) is 8.97. The van der Waals surface area contributed by atoms with Crippen LogP contribution in [0, 0.1) is 5.41 Å². The van der Waals surface area contributed by atoms with Crippen LogP contribution in [0.3, 0.4) is 0 Å². The quantitative estimate of drug-likeness (QED) is 0.329. The van der Waals surface area contributed by atoms with Crippen LogP contribution in [-0.2, 0) is 0 Å². The van der Waals surface area contributed by atoms with Crippen molar-refractivity contribution < 1.29 is 0 Å². The van der Waals surface area contributed by atoms with Crippen LogP contribution in [0.25, 0.3) is 31.3 Å². The van der Waals surface area contributed by atoms with Crippen LogP contribution in [0.1, 0.15) is 11.1 Å². The smallest absolute Gasteiger partial charge is 0.0698 e. The fourth-order valence-electron chi connectivity index (χ4n) is 3.64. The number of rotatable bonds is 3. The van der Waals surface area contributed by atoms with E-state index in [1.165, 1.54) is 31.3 Å². The van der Waals surface area contributed by atoms with E-state index in [9.17, 15) is 0 Å². The van der Waals surface area contributed by atoms with Crippen LogP contribution < -0.4 is 0 Å². The molecule has 5 rings (SSSR count). The monoisotopic (exact) mass is 363 g/mol. The van der Waals surface area contributed by atoms with E-state index in [4.69, 9.17) is 5.41 Å². The molecule has 4 aromatic carbocycles. The molecule has 0 amide bonds. The number of thiophene rings is 1. The van der Waals surface area contributed by atoms with Crippen molar-refractivity contribution in [1.82, 2.24) is 0 Å². The molecule has 27 heavy (non-hydrogen) atoms. The Morgan fingerprint density at radius 3 is 2.11 bits per heavy atom. The average molecular weight is 363 g/mol. The summed E-state index contributed by atoms with van der Waals surface area (Å²) in [4.78, 5) is 0. The van der Waals surface area contributed by atoms with Crippen molar-refractivity contribution in [2.24, 2.45) is 0 Å². The van der Waals surface area contributed by atoms with Crippen LogP contribution >= 0.6 is 11.3 Å². The van der Waals surface area contributed by atoms with E-state index in [2.05, 4.69) is 60.7 Å². The molecule has 0 aliphatic carbocycles. The number of benzene rings is 4. The Hall–Kier alpha value is -3.23. The second-order valence-corrected chi connectivity index (χ2v) is 7.62. The van der Waals surface area contributed by atoms with Gasteiger partial charge in [0.2, 0.25) is 0 Å². The summed E-state index contributed by atoms with van der Waals surface area (Å²) in [5.41, 5.74) is 4.96. The van der Waals surface area contributed by atoms with Gasteiger partial charge in [0.1, 0.15) is 0 Å². The van der Waals surface area contributed by atoms with Crippen LogP contribution in [0.5, 0.6) is 0 Å². The van der Waals surface area contributed by atoms with E-state index in [1.54, 1.807) is 11.3 Å². The molecule has 0 fully saturated rings. The zero-order valence-electron chi connectivity index (χ0n) is 14.6. The maximum absolute atomic E-state index is 8.81. The molecule has 0 saturated heterocycles. The second kappa shape index (κ2) is 6.49. The molecule has 2 heteroatoms. The summed E-state index contributed by atoms with van der Waals surface area (Å²) in [7, 11) is 0. The van der Waals surface area contributed by atoms with Crippen LogP contribution in [0.4, 0.5) is 0 Å². The van der Waals surface area contributed by atoms with Crippen molar-refractivity contribution >= 4 is 37.2 Å². The Kier molecular flexibility index (Phi) is 3.84. The fourth-order valence-corrected chi connectivity index (χ4v) is 4.89. The lowest BCUT2D eigenvalue weighted by atomic mass is 9.94. The minimum absolute atomic E-state index is 0.576. The third-order valence-corrected chi connectivity index (χ3v) is 6.15. The van der Waals surface area contributed by atoms with Crippen molar-refractivity contribution in [2.45, 2.75) is 0 Å². The predicted molar refractivity (Wildman–Crippen MR) is 117 cm³/mol. The average Bonchev–Trinajstić information content (AvgIpc) is 3.13. The van der Waals surface area contributed by atoms with Crippen molar-refractivity contribution in [3.63, 3.8) is 0 Å². The van der Waals surface area contributed by atoms with Crippen LogP contribution in [0.2, 0.25) is 0 Å². The topological polar surface area (TPSA) is 23.9 Å². The van der Waals surface area contributed by atoms with E-state index in [1.807, 2.05) is 36.4 Å². The SMILES string of the molecule is N=C(c1ccccc1)c1ccc(-c2ccccc2)c2c1sc1ccccc12. The zero-order valence-corrected chi connectivity index (χ0v) is 15.5. The van der Waals surface area contributed by atoms with Gasteiger partial charge < -0.3 is 0 Å². The van der Waals surface area contributed by atoms with Crippen molar-refractivity contribution in [3.8, 4) is 11.1 Å². The van der Waals surface area contributed by atoms with Gasteiger partial charge in [-0.15, -0.1) is 11.3 Å². The molecule has 0 atom stereocenters. The molecule has 0 saturated carbocycles. The minimum Gasteiger partial charge on any atom is -0.300 e. The molecule has 1 nitrogen and oxygen atoms in total. The standard InChI is InChI=1S/C25H17NS/c26-24(18-11-5-2-6-12-18)21-16-15-19(17-9-3-1-4-10-17)23-20-13-7-8-14-22(20)27-25(21)23/h1-16,26H. The minimum atomic E-state index is 0.576. The number of hydrogen-bond acceptors (Lipinski definition) is 2. The molecular weight excluding hydrogens is 346 g/mol. The van der Waals surface area contributed by atoms with E-state index in [-0.39, 0.29) is 0 Å². The van der Waals surface area contributed by atoms with Gasteiger partial charge >= 0.3 is 0 Å². The van der Waals surface area contributed by atoms with Gasteiger partial charge in [-0.05, 0) is 17.2 Å². The lowest BCUT2D eigenvalue weighted by molar-refractivity contribution is 1.47. The van der Waals surface area contributed by atoms with Gasteiger partial charge in [-0.3, -0.25) is 5.41 Å². The largest absolute Gasteiger partial charge is 0.300 e. The molecule has 0 aliphatic heterocycles. The molecule has 5 aromatic rings. The van der Waals surface area contributed by atoms with Crippen LogP contribution in [-0.4, -0.2) is 5.71 Å². The first-order chi connectivity index (χ1) is 13.3. The second-order valence-electron chi connectivity index (χ2n) is 6.57. The predicted octanol–water partition coefficient (Wildman–Crippen LogP) is 7.14. The molecule has 1 heterocycles. The van der Waals surface area contributed by atoms with Gasteiger partial charge in [0, 0.05) is 31.3 Å². The van der Waals surface area contributed by atoms with Crippen molar-refractivity contribution in [1.29, 1.82) is 5.41 Å². The third kappa shape index (κ3) is 2.66.